The van der Waals surface area contributed by atoms with E-state index in [2.05, 4.69) is 36.6 Å². The Labute approximate surface area is 135 Å². The number of imide groups is 1. The van der Waals surface area contributed by atoms with Gasteiger partial charge < -0.3 is 10.6 Å². The van der Waals surface area contributed by atoms with E-state index in [-0.39, 0.29) is 35.7 Å². The number of benzene rings is 1. The largest absolute Gasteiger partial charge is 0.354 e. The van der Waals surface area contributed by atoms with E-state index in [1.807, 2.05) is 18.2 Å². The first-order valence-corrected chi connectivity index (χ1v) is 7.76. The second-order valence-electron chi connectivity index (χ2n) is 6.92. The monoisotopic (exact) mass is 315 g/mol. The average Bonchev–Trinajstić information content (AvgIpc) is 2.98. The second-order valence-corrected chi connectivity index (χ2v) is 6.92. The molecule has 0 unspecified atom stereocenters. The third kappa shape index (κ3) is 2.69. The van der Waals surface area contributed by atoms with Gasteiger partial charge in [-0.05, 0) is 17.4 Å². The Kier molecular flexibility index (Phi) is 3.62. The lowest BCUT2D eigenvalue weighted by molar-refractivity contribution is -0.130. The molecule has 2 N–H and O–H groups in total. The fourth-order valence-electron chi connectivity index (χ4n) is 3.43. The third-order valence-corrected chi connectivity index (χ3v) is 5.07. The lowest BCUT2D eigenvalue weighted by Gasteiger charge is -2.22. The van der Waals surface area contributed by atoms with E-state index in [0.717, 1.165) is 11.3 Å². The van der Waals surface area contributed by atoms with Crippen molar-refractivity contribution in [3.63, 3.8) is 0 Å². The first-order chi connectivity index (χ1) is 10.9. The van der Waals surface area contributed by atoms with Gasteiger partial charge in [0.1, 0.15) is 6.54 Å². The quantitative estimate of drug-likeness (QED) is 0.796. The molecule has 2 fully saturated rings. The molecule has 0 bridgehead atoms. The molecule has 1 aliphatic heterocycles. The van der Waals surface area contributed by atoms with Crippen LogP contribution in [0.25, 0.3) is 0 Å². The zero-order chi connectivity index (χ0) is 16.7. The van der Waals surface area contributed by atoms with Crippen LogP contribution in [0, 0.1) is 5.41 Å². The Morgan fingerprint density at radius 1 is 1.26 bits per heavy atom. The van der Waals surface area contributed by atoms with Gasteiger partial charge in [-0.2, -0.15) is 0 Å². The van der Waals surface area contributed by atoms with Crippen LogP contribution < -0.4 is 10.6 Å². The van der Waals surface area contributed by atoms with Gasteiger partial charge in [0.2, 0.25) is 5.91 Å². The van der Waals surface area contributed by atoms with Gasteiger partial charge in [0.05, 0.1) is 6.54 Å². The van der Waals surface area contributed by atoms with Crippen molar-refractivity contribution in [2.45, 2.75) is 25.7 Å². The van der Waals surface area contributed by atoms with Crippen molar-refractivity contribution < 1.29 is 14.4 Å². The number of urea groups is 1. The van der Waals surface area contributed by atoms with Crippen LogP contribution in [0.5, 0.6) is 0 Å². The standard InChI is InChI=1S/C17H21N3O3/c1-16(2)10-17(16,12-6-4-3-5-7-12)11-19-13(21)9-20-14(22)8-18-15(20)23/h3-7H,8-11H2,1-2H3,(H,18,23)(H,19,21)/t17-/m1/s1. The van der Waals surface area contributed by atoms with Crippen molar-refractivity contribution in [3.05, 3.63) is 35.9 Å². The summed E-state index contributed by atoms with van der Waals surface area (Å²) in [4.78, 5) is 36.1. The van der Waals surface area contributed by atoms with Gasteiger partial charge in [-0.25, -0.2) is 4.79 Å². The highest BCUT2D eigenvalue weighted by molar-refractivity contribution is 6.04. The minimum Gasteiger partial charge on any atom is -0.354 e. The normalized spacial score (nSPS) is 25.2. The number of nitrogens with zero attached hydrogens (tertiary/aromatic N) is 1. The summed E-state index contributed by atoms with van der Waals surface area (Å²) < 4.78 is 0. The average molecular weight is 315 g/mol. The minimum atomic E-state index is -0.505. The molecule has 1 saturated carbocycles. The SMILES string of the molecule is CC1(C)C[C@@]1(CNC(=O)CN1C(=O)CNC1=O)c1ccccc1. The van der Waals surface area contributed by atoms with E-state index >= 15 is 0 Å². The fraction of sp³-hybridized carbons (Fsp3) is 0.471. The molecule has 1 saturated heterocycles. The van der Waals surface area contributed by atoms with Gasteiger partial charge in [-0.15, -0.1) is 0 Å². The summed E-state index contributed by atoms with van der Waals surface area (Å²) in [7, 11) is 0. The summed E-state index contributed by atoms with van der Waals surface area (Å²) in [6.45, 7) is 4.61. The lowest BCUT2D eigenvalue weighted by atomic mass is 9.88. The Morgan fingerprint density at radius 2 is 1.91 bits per heavy atom. The number of rotatable bonds is 5. The van der Waals surface area contributed by atoms with E-state index in [1.165, 1.54) is 5.56 Å². The summed E-state index contributed by atoms with van der Waals surface area (Å²) in [6.07, 6.45) is 0.993. The molecule has 0 radical (unpaired) electrons. The van der Waals surface area contributed by atoms with Crippen LogP contribution in [0.2, 0.25) is 0 Å². The highest BCUT2D eigenvalue weighted by Gasteiger charge is 2.61. The Morgan fingerprint density at radius 3 is 2.43 bits per heavy atom. The molecule has 6 nitrogen and oxygen atoms in total. The number of hydrogen-bond donors (Lipinski definition) is 2. The molecule has 122 valence electrons. The van der Waals surface area contributed by atoms with Crippen LogP contribution in [-0.2, 0) is 15.0 Å². The van der Waals surface area contributed by atoms with Gasteiger partial charge in [0, 0.05) is 12.0 Å². The molecule has 1 aliphatic carbocycles. The molecule has 1 atom stereocenters. The molecule has 3 rings (SSSR count). The van der Waals surface area contributed by atoms with E-state index in [4.69, 9.17) is 0 Å². The van der Waals surface area contributed by atoms with Crippen molar-refractivity contribution in [3.8, 4) is 0 Å². The van der Waals surface area contributed by atoms with Crippen molar-refractivity contribution in [2.24, 2.45) is 5.41 Å². The van der Waals surface area contributed by atoms with Crippen molar-refractivity contribution >= 4 is 17.8 Å². The first kappa shape index (κ1) is 15.5. The molecule has 1 heterocycles. The Hall–Kier alpha value is -2.37. The van der Waals surface area contributed by atoms with Crippen molar-refractivity contribution in [2.75, 3.05) is 19.6 Å². The molecule has 0 aromatic heterocycles. The first-order valence-electron chi connectivity index (χ1n) is 7.76. The zero-order valence-electron chi connectivity index (χ0n) is 13.4. The van der Waals surface area contributed by atoms with Crippen LogP contribution in [0.4, 0.5) is 4.79 Å². The highest BCUT2D eigenvalue weighted by Crippen LogP contribution is 2.63. The molecule has 6 heteroatoms. The molecule has 23 heavy (non-hydrogen) atoms. The molecule has 1 aromatic carbocycles. The van der Waals surface area contributed by atoms with Gasteiger partial charge >= 0.3 is 6.03 Å². The molecular weight excluding hydrogens is 294 g/mol. The summed E-state index contributed by atoms with van der Waals surface area (Å²) in [5.74, 6) is -0.678. The summed E-state index contributed by atoms with van der Waals surface area (Å²) >= 11 is 0. The number of nitrogens with one attached hydrogen (secondary N) is 2. The van der Waals surface area contributed by atoms with E-state index < -0.39 is 6.03 Å². The van der Waals surface area contributed by atoms with Crippen LogP contribution in [0.15, 0.2) is 30.3 Å². The summed E-state index contributed by atoms with van der Waals surface area (Å²) in [5.41, 5.74) is 1.24. The smallest absolute Gasteiger partial charge is 0.325 e. The van der Waals surface area contributed by atoms with Crippen LogP contribution in [-0.4, -0.2) is 42.4 Å². The molecule has 1 aromatic rings. The number of amides is 4. The lowest BCUT2D eigenvalue weighted by Crippen LogP contribution is -2.43. The van der Waals surface area contributed by atoms with Gasteiger partial charge in [0.15, 0.2) is 0 Å². The minimum absolute atomic E-state index is 0.0346. The molecular formula is C17H21N3O3. The number of carbonyl (C=O) groups is 3. The predicted octanol–water partition coefficient (Wildman–Crippen LogP) is 1.02. The highest BCUT2D eigenvalue weighted by atomic mass is 16.2. The van der Waals surface area contributed by atoms with Gasteiger partial charge in [-0.1, -0.05) is 44.2 Å². The number of hydrogen-bond acceptors (Lipinski definition) is 3. The van der Waals surface area contributed by atoms with Crippen LogP contribution in [0.1, 0.15) is 25.8 Å². The van der Waals surface area contributed by atoms with Crippen molar-refractivity contribution in [1.82, 2.24) is 15.5 Å². The van der Waals surface area contributed by atoms with Gasteiger partial charge in [-0.3, -0.25) is 14.5 Å². The fourth-order valence-corrected chi connectivity index (χ4v) is 3.43. The molecule has 0 spiro atoms. The maximum Gasteiger partial charge on any atom is 0.325 e. The van der Waals surface area contributed by atoms with Gasteiger partial charge in [0.25, 0.3) is 5.91 Å². The van der Waals surface area contributed by atoms with E-state index in [0.29, 0.717) is 6.54 Å². The Bertz CT molecular complexity index is 640. The summed E-state index contributed by atoms with van der Waals surface area (Å²) in [6, 6.07) is 9.63. The van der Waals surface area contributed by atoms with E-state index in [1.54, 1.807) is 0 Å². The molecule has 2 aliphatic rings. The van der Waals surface area contributed by atoms with Crippen LogP contribution in [0.3, 0.4) is 0 Å². The predicted molar refractivity (Wildman–Crippen MR) is 84.6 cm³/mol. The molecule has 4 amide bonds. The Balaban J connectivity index is 1.64. The third-order valence-electron chi connectivity index (χ3n) is 5.07. The van der Waals surface area contributed by atoms with E-state index in [9.17, 15) is 14.4 Å². The topological polar surface area (TPSA) is 78.5 Å². The second kappa shape index (κ2) is 5.37. The summed E-state index contributed by atoms with van der Waals surface area (Å²) in [5, 5.41) is 5.30. The number of carbonyl (C=O) groups excluding carboxylic acids is 3. The zero-order valence-corrected chi connectivity index (χ0v) is 13.4. The van der Waals surface area contributed by atoms with Crippen molar-refractivity contribution in [1.29, 1.82) is 0 Å². The maximum absolute atomic E-state index is 12.1. The van der Waals surface area contributed by atoms with Crippen LogP contribution >= 0.6 is 0 Å². The maximum atomic E-state index is 12.1.